The summed E-state index contributed by atoms with van der Waals surface area (Å²) in [4.78, 5) is 0.0381. The molecule has 0 unspecified atom stereocenters. The fraction of sp³-hybridized carbons (Fsp3) is 0.250. The van der Waals surface area contributed by atoms with Crippen molar-refractivity contribution in [3.05, 3.63) is 47.3 Å². The molecule has 0 fully saturated rings. The number of halogens is 1. The second kappa shape index (κ2) is 6.45. The van der Waals surface area contributed by atoms with E-state index in [1.165, 1.54) is 32.4 Å². The van der Waals surface area contributed by atoms with Gasteiger partial charge >= 0.3 is 0 Å². The third-order valence-corrected chi connectivity index (χ3v) is 4.92. The van der Waals surface area contributed by atoms with Crippen molar-refractivity contribution in [2.24, 2.45) is 0 Å². The zero-order chi connectivity index (χ0) is 17.2. The highest BCUT2D eigenvalue weighted by molar-refractivity contribution is 7.92. The van der Waals surface area contributed by atoms with Crippen molar-refractivity contribution in [2.45, 2.75) is 18.7 Å². The first kappa shape index (κ1) is 17.1. The zero-order valence-corrected chi connectivity index (χ0v) is 14.1. The summed E-state index contributed by atoms with van der Waals surface area (Å²) < 4.78 is 51.3. The Bertz CT molecular complexity index is 834. The van der Waals surface area contributed by atoms with E-state index in [4.69, 9.17) is 9.47 Å². The minimum absolute atomic E-state index is 0.0381. The molecule has 0 atom stereocenters. The molecular weight excluding hydrogens is 321 g/mol. The molecular formula is C16H18FNO4S. The first-order valence-electron chi connectivity index (χ1n) is 6.80. The van der Waals surface area contributed by atoms with E-state index in [0.717, 1.165) is 6.07 Å². The van der Waals surface area contributed by atoms with Crippen molar-refractivity contribution in [1.82, 2.24) is 0 Å². The highest BCUT2D eigenvalue weighted by Crippen LogP contribution is 2.33. The normalized spacial score (nSPS) is 11.2. The molecule has 5 nitrogen and oxygen atoms in total. The minimum atomic E-state index is -3.88. The van der Waals surface area contributed by atoms with Crippen molar-refractivity contribution < 1.29 is 22.3 Å². The maximum atomic E-state index is 13.6. The fourth-order valence-electron chi connectivity index (χ4n) is 2.12. The van der Waals surface area contributed by atoms with Gasteiger partial charge in [-0.25, -0.2) is 12.8 Å². The van der Waals surface area contributed by atoms with E-state index in [1.807, 2.05) is 0 Å². The van der Waals surface area contributed by atoms with Gasteiger partial charge in [0.15, 0.2) is 11.5 Å². The lowest BCUT2D eigenvalue weighted by molar-refractivity contribution is 0.353. The number of hydrogen-bond acceptors (Lipinski definition) is 4. The standard InChI is InChI=1S/C16H18FNO4S/c1-10-5-6-12(8-13(10)17)18-23(19,20)16-9-15(22-4)14(21-3)7-11(16)2/h5-9,18H,1-4H3. The van der Waals surface area contributed by atoms with Crippen LogP contribution in [0.3, 0.4) is 0 Å². The van der Waals surface area contributed by atoms with E-state index in [-0.39, 0.29) is 10.6 Å². The van der Waals surface area contributed by atoms with Gasteiger partial charge in [0, 0.05) is 6.07 Å². The van der Waals surface area contributed by atoms with Crippen LogP contribution in [0.1, 0.15) is 11.1 Å². The molecule has 23 heavy (non-hydrogen) atoms. The molecule has 1 N–H and O–H groups in total. The highest BCUT2D eigenvalue weighted by atomic mass is 32.2. The Morgan fingerprint density at radius 3 is 2.13 bits per heavy atom. The van der Waals surface area contributed by atoms with E-state index in [9.17, 15) is 12.8 Å². The molecule has 0 aliphatic rings. The second-order valence-electron chi connectivity index (χ2n) is 5.04. The molecule has 7 heteroatoms. The van der Waals surface area contributed by atoms with Gasteiger partial charge in [-0.1, -0.05) is 6.07 Å². The second-order valence-corrected chi connectivity index (χ2v) is 6.69. The van der Waals surface area contributed by atoms with Crippen molar-refractivity contribution in [3.8, 4) is 11.5 Å². The van der Waals surface area contributed by atoms with Gasteiger partial charge in [0.1, 0.15) is 5.82 Å². The average Bonchev–Trinajstić information content (AvgIpc) is 2.50. The molecule has 2 aromatic rings. The zero-order valence-electron chi connectivity index (χ0n) is 13.3. The van der Waals surface area contributed by atoms with E-state index < -0.39 is 15.8 Å². The van der Waals surface area contributed by atoms with Crippen LogP contribution in [0, 0.1) is 19.7 Å². The number of anilines is 1. The monoisotopic (exact) mass is 339 g/mol. The summed E-state index contributed by atoms with van der Waals surface area (Å²) in [5, 5.41) is 0. The van der Waals surface area contributed by atoms with Gasteiger partial charge in [0.2, 0.25) is 0 Å². The summed E-state index contributed by atoms with van der Waals surface area (Å²) in [5.41, 5.74) is 1.08. The van der Waals surface area contributed by atoms with Crippen molar-refractivity contribution in [1.29, 1.82) is 0 Å². The lowest BCUT2D eigenvalue weighted by atomic mass is 10.2. The summed E-state index contributed by atoms with van der Waals surface area (Å²) in [6.07, 6.45) is 0. The Balaban J connectivity index is 2.45. The van der Waals surface area contributed by atoms with Gasteiger partial charge in [-0.2, -0.15) is 0 Å². The lowest BCUT2D eigenvalue weighted by Crippen LogP contribution is -2.15. The predicted molar refractivity (Wildman–Crippen MR) is 86.2 cm³/mol. The third kappa shape index (κ3) is 3.56. The predicted octanol–water partition coefficient (Wildman–Crippen LogP) is 3.26. The fourth-order valence-corrected chi connectivity index (χ4v) is 3.41. The first-order chi connectivity index (χ1) is 10.8. The molecule has 0 heterocycles. The Morgan fingerprint density at radius 2 is 1.57 bits per heavy atom. The Morgan fingerprint density at radius 1 is 0.957 bits per heavy atom. The van der Waals surface area contributed by atoms with E-state index in [1.54, 1.807) is 19.9 Å². The number of ether oxygens (including phenoxy) is 2. The van der Waals surface area contributed by atoms with Gasteiger partial charge in [0.05, 0.1) is 24.8 Å². The van der Waals surface area contributed by atoms with E-state index >= 15 is 0 Å². The smallest absolute Gasteiger partial charge is 0.262 e. The summed E-state index contributed by atoms with van der Waals surface area (Å²) in [7, 11) is -0.989. The molecule has 2 rings (SSSR count). The number of rotatable bonds is 5. The van der Waals surface area contributed by atoms with E-state index in [0.29, 0.717) is 22.6 Å². The molecule has 0 bridgehead atoms. The maximum absolute atomic E-state index is 13.6. The molecule has 0 amide bonds. The van der Waals surface area contributed by atoms with Crippen LogP contribution in [0.2, 0.25) is 0 Å². The van der Waals surface area contributed by atoms with Gasteiger partial charge < -0.3 is 9.47 Å². The van der Waals surface area contributed by atoms with Crippen LogP contribution in [-0.2, 0) is 10.0 Å². The molecule has 124 valence electrons. The molecule has 0 aromatic heterocycles. The average molecular weight is 339 g/mol. The summed E-state index contributed by atoms with van der Waals surface area (Å²) >= 11 is 0. The summed E-state index contributed by atoms with van der Waals surface area (Å²) in [5.74, 6) is 0.258. The quantitative estimate of drug-likeness (QED) is 0.908. The van der Waals surface area contributed by atoms with Gasteiger partial charge in [-0.05, 0) is 43.2 Å². The molecule has 0 saturated carbocycles. The van der Waals surface area contributed by atoms with Crippen LogP contribution in [0.25, 0.3) is 0 Å². The van der Waals surface area contributed by atoms with Gasteiger partial charge in [-0.15, -0.1) is 0 Å². The maximum Gasteiger partial charge on any atom is 0.262 e. The first-order valence-corrected chi connectivity index (χ1v) is 8.28. The minimum Gasteiger partial charge on any atom is -0.493 e. The molecule has 0 aliphatic carbocycles. The van der Waals surface area contributed by atoms with Gasteiger partial charge in [-0.3, -0.25) is 4.72 Å². The van der Waals surface area contributed by atoms with Crippen LogP contribution in [0.4, 0.5) is 10.1 Å². The van der Waals surface area contributed by atoms with Crippen LogP contribution in [0.15, 0.2) is 35.2 Å². The SMILES string of the molecule is COc1cc(C)c(S(=O)(=O)Nc2ccc(C)c(F)c2)cc1OC. The topological polar surface area (TPSA) is 64.6 Å². The lowest BCUT2D eigenvalue weighted by Gasteiger charge is -2.14. The van der Waals surface area contributed by atoms with E-state index in [2.05, 4.69) is 4.72 Å². The van der Waals surface area contributed by atoms with Crippen LogP contribution in [-0.4, -0.2) is 22.6 Å². The third-order valence-electron chi connectivity index (χ3n) is 3.39. The molecule has 0 radical (unpaired) electrons. The van der Waals surface area contributed by atoms with Crippen molar-refractivity contribution >= 4 is 15.7 Å². The molecule has 0 aliphatic heterocycles. The molecule has 2 aromatic carbocycles. The number of sulfonamides is 1. The summed E-state index contributed by atoms with van der Waals surface area (Å²) in [6, 6.07) is 7.11. The number of benzene rings is 2. The van der Waals surface area contributed by atoms with Crippen LogP contribution < -0.4 is 14.2 Å². The number of methoxy groups -OCH3 is 2. The van der Waals surface area contributed by atoms with Crippen LogP contribution >= 0.6 is 0 Å². The number of aryl methyl sites for hydroxylation is 2. The Hall–Kier alpha value is -2.28. The summed E-state index contributed by atoms with van der Waals surface area (Å²) in [6.45, 7) is 3.25. The van der Waals surface area contributed by atoms with Gasteiger partial charge in [0.25, 0.3) is 10.0 Å². The molecule has 0 spiro atoms. The Kier molecular flexibility index (Phi) is 4.79. The number of hydrogen-bond donors (Lipinski definition) is 1. The molecule has 0 saturated heterocycles. The van der Waals surface area contributed by atoms with Crippen molar-refractivity contribution in [2.75, 3.05) is 18.9 Å². The largest absolute Gasteiger partial charge is 0.493 e. The Labute approximate surface area is 135 Å². The number of nitrogens with one attached hydrogen (secondary N) is 1. The van der Waals surface area contributed by atoms with Crippen LogP contribution in [0.5, 0.6) is 11.5 Å². The highest BCUT2D eigenvalue weighted by Gasteiger charge is 2.20. The van der Waals surface area contributed by atoms with Crippen molar-refractivity contribution in [3.63, 3.8) is 0 Å².